The summed E-state index contributed by atoms with van der Waals surface area (Å²) < 4.78 is 0. The van der Waals surface area contributed by atoms with Gasteiger partial charge in [-0.25, -0.2) is 0 Å². The van der Waals surface area contributed by atoms with Gasteiger partial charge in [0.1, 0.15) is 18.8 Å². The summed E-state index contributed by atoms with van der Waals surface area (Å²) in [6.07, 6.45) is 0. The normalized spacial score (nSPS) is 21.3. The first-order chi connectivity index (χ1) is 11.3. The van der Waals surface area contributed by atoms with Crippen LogP contribution in [-0.2, 0) is 0 Å². The van der Waals surface area contributed by atoms with Gasteiger partial charge >= 0.3 is 0 Å². The van der Waals surface area contributed by atoms with Gasteiger partial charge < -0.3 is 0 Å². The first kappa shape index (κ1) is 19.6. The van der Waals surface area contributed by atoms with Crippen molar-refractivity contribution in [2.24, 2.45) is 0 Å². The lowest BCUT2D eigenvalue weighted by molar-refractivity contribution is 0.108. The topological polar surface area (TPSA) is 6.48 Å². The van der Waals surface area contributed by atoms with Crippen molar-refractivity contribution in [3.05, 3.63) is 30.3 Å². The van der Waals surface area contributed by atoms with Crippen molar-refractivity contribution >= 4 is 18.8 Å². The molecule has 24 heavy (non-hydrogen) atoms. The number of rotatable bonds is 7. The maximum absolute atomic E-state index is 2.72. The highest BCUT2D eigenvalue weighted by Gasteiger charge is 2.59. The highest BCUT2D eigenvalue weighted by molar-refractivity contribution is 7.50. The van der Waals surface area contributed by atoms with Crippen LogP contribution in [0.1, 0.15) is 55.4 Å². The van der Waals surface area contributed by atoms with E-state index >= 15 is 0 Å². The molecule has 1 aromatic rings. The largest absolute Gasteiger partial charge is 0.287 e. The first-order valence-electron chi connectivity index (χ1n) is 9.49. The Kier molecular flexibility index (Phi) is 6.65. The summed E-state index contributed by atoms with van der Waals surface area (Å²) in [6.45, 7) is 18.7. The minimum atomic E-state index is 0.580. The van der Waals surface area contributed by atoms with E-state index in [1.165, 1.54) is 5.30 Å². The number of hydrogen-bond donors (Lipinski definition) is 0. The van der Waals surface area contributed by atoms with E-state index in [1.807, 2.05) is 0 Å². The number of benzene rings is 1. The summed E-state index contributed by atoms with van der Waals surface area (Å²) in [7, 11) is 0.822. The summed E-state index contributed by atoms with van der Waals surface area (Å²) in [5, 5.41) is 3.20. The van der Waals surface area contributed by atoms with Crippen LogP contribution in [0.25, 0.3) is 0 Å². The van der Waals surface area contributed by atoms with Crippen LogP contribution < -0.4 is 5.30 Å². The van der Waals surface area contributed by atoms with Gasteiger partial charge in [0.15, 0.2) is 0 Å². The molecule has 0 heterocycles. The van der Waals surface area contributed by atoms with Crippen LogP contribution in [0.3, 0.4) is 0 Å². The van der Waals surface area contributed by atoms with Crippen molar-refractivity contribution in [1.29, 1.82) is 0 Å². The SMILES string of the molecule is CC(C)N(C(C)C)C1C(=[PH+]c2ccccc2)C1N(C(C)C)C(C)C. The van der Waals surface area contributed by atoms with E-state index in [2.05, 4.69) is 95.5 Å². The van der Waals surface area contributed by atoms with Gasteiger partial charge in [0.25, 0.3) is 0 Å². The molecular weight excluding hydrogens is 311 g/mol. The molecule has 0 aromatic heterocycles. The van der Waals surface area contributed by atoms with E-state index in [-0.39, 0.29) is 0 Å². The molecule has 0 amide bonds. The van der Waals surface area contributed by atoms with Gasteiger partial charge in [0.2, 0.25) is 0 Å². The third kappa shape index (κ3) is 4.28. The zero-order chi connectivity index (χ0) is 18.0. The zero-order valence-electron chi connectivity index (χ0n) is 16.7. The van der Waals surface area contributed by atoms with Crippen LogP contribution >= 0.6 is 8.20 Å². The fraction of sp³-hybridized carbons (Fsp3) is 0.667. The molecule has 0 saturated heterocycles. The highest BCUT2D eigenvalue weighted by atomic mass is 31.1. The Bertz CT molecular complexity index is 504. The first-order valence-corrected chi connectivity index (χ1v) is 10.5. The molecule has 3 heteroatoms. The Morgan fingerprint density at radius 2 is 1.04 bits per heavy atom. The molecule has 0 bridgehead atoms. The van der Waals surface area contributed by atoms with E-state index in [9.17, 15) is 0 Å². The van der Waals surface area contributed by atoms with Crippen molar-refractivity contribution in [2.75, 3.05) is 0 Å². The predicted octanol–water partition coefficient (Wildman–Crippen LogP) is 4.15. The number of nitrogens with zero attached hydrogens (tertiary/aromatic N) is 2. The van der Waals surface area contributed by atoms with Gasteiger partial charge in [-0.15, -0.1) is 0 Å². The maximum atomic E-state index is 2.72. The van der Waals surface area contributed by atoms with E-state index in [0.29, 0.717) is 36.3 Å². The van der Waals surface area contributed by atoms with E-state index in [4.69, 9.17) is 0 Å². The fourth-order valence-corrected chi connectivity index (χ4v) is 5.72. The molecule has 1 saturated carbocycles. The minimum Gasteiger partial charge on any atom is -0.287 e. The van der Waals surface area contributed by atoms with Gasteiger partial charge in [-0.2, -0.15) is 0 Å². The van der Waals surface area contributed by atoms with Gasteiger partial charge in [-0.3, -0.25) is 9.80 Å². The third-order valence-electron chi connectivity index (χ3n) is 4.92. The van der Waals surface area contributed by atoms with Crippen LogP contribution in [-0.4, -0.2) is 51.3 Å². The van der Waals surface area contributed by atoms with Crippen molar-refractivity contribution < 1.29 is 0 Å². The Morgan fingerprint density at radius 3 is 1.38 bits per heavy atom. The van der Waals surface area contributed by atoms with Gasteiger partial charge in [-0.1, -0.05) is 18.2 Å². The lowest BCUT2D eigenvalue weighted by Gasteiger charge is -2.34. The molecule has 1 aliphatic carbocycles. The molecule has 3 unspecified atom stereocenters. The van der Waals surface area contributed by atoms with E-state index in [0.717, 1.165) is 8.20 Å². The molecule has 1 aromatic carbocycles. The third-order valence-corrected chi connectivity index (χ3v) is 6.42. The van der Waals surface area contributed by atoms with Crippen molar-refractivity contribution in [3.8, 4) is 0 Å². The Balaban J connectivity index is 2.39. The molecule has 134 valence electrons. The molecular formula is C21H36N2P+. The minimum absolute atomic E-state index is 0.580. The highest BCUT2D eigenvalue weighted by Crippen LogP contribution is 2.39. The van der Waals surface area contributed by atoms with Crippen molar-refractivity contribution in [2.45, 2.75) is 91.6 Å². The van der Waals surface area contributed by atoms with Crippen molar-refractivity contribution in [3.63, 3.8) is 0 Å². The summed E-state index contributed by atoms with van der Waals surface area (Å²) in [6, 6.07) is 14.5. The molecule has 2 rings (SSSR count). The smallest absolute Gasteiger partial charge is 0.146 e. The second-order valence-electron chi connectivity index (χ2n) is 8.11. The molecule has 0 radical (unpaired) electrons. The van der Waals surface area contributed by atoms with Gasteiger partial charge in [-0.05, 0) is 67.5 Å². The van der Waals surface area contributed by atoms with Crippen LogP contribution in [0.4, 0.5) is 0 Å². The maximum Gasteiger partial charge on any atom is 0.146 e. The second kappa shape index (κ2) is 8.13. The fourth-order valence-electron chi connectivity index (χ4n) is 4.20. The average molecular weight is 348 g/mol. The lowest BCUT2D eigenvalue weighted by atomic mass is 10.2. The van der Waals surface area contributed by atoms with Crippen molar-refractivity contribution in [1.82, 2.24) is 9.80 Å². The van der Waals surface area contributed by atoms with Crippen LogP contribution in [0.15, 0.2) is 30.3 Å². The molecule has 1 aliphatic rings. The zero-order valence-corrected chi connectivity index (χ0v) is 17.7. The summed E-state index contributed by atoms with van der Waals surface area (Å²) in [4.78, 5) is 5.43. The quantitative estimate of drug-likeness (QED) is 0.684. The monoisotopic (exact) mass is 347 g/mol. The molecule has 1 fully saturated rings. The van der Waals surface area contributed by atoms with E-state index in [1.54, 1.807) is 5.29 Å². The molecule has 3 atom stereocenters. The Hall–Kier alpha value is -0.690. The molecule has 0 aliphatic heterocycles. The Morgan fingerprint density at radius 1 is 0.667 bits per heavy atom. The molecule has 0 N–H and O–H groups in total. The average Bonchev–Trinajstić information content (AvgIpc) is 3.11. The van der Waals surface area contributed by atoms with Crippen LogP contribution in [0.2, 0.25) is 0 Å². The summed E-state index contributed by atoms with van der Waals surface area (Å²) in [5.41, 5.74) is 0. The van der Waals surface area contributed by atoms with E-state index < -0.39 is 0 Å². The van der Waals surface area contributed by atoms with Crippen LogP contribution in [0, 0.1) is 0 Å². The van der Waals surface area contributed by atoms with Gasteiger partial charge in [0.05, 0.1) is 12.1 Å². The van der Waals surface area contributed by atoms with Crippen LogP contribution in [0.5, 0.6) is 0 Å². The molecule has 2 nitrogen and oxygen atoms in total. The van der Waals surface area contributed by atoms with Gasteiger partial charge in [0, 0.05) is 24.2 Å². The predicted molar refractivity (Wildman–Crippen MR) is 111 cm³/mol. The summed E-state index contributed by atoms with van der Waals surface area (Å²) >= 11 is 0. The number of hydrogen-bond acceptors (Lipinski definition) is 2. The Labute approximate surface area is 151 Å². The lowest BCUT2D eigenvalue weighted by Crippen LogP contribution is -2.46. The summed E-state index contributed by atoms with van der Waals surface area (Å²) in [5.74, 6) is 0. The standard InChI is InChI=1S/C21H35N2P/c1-14(2)22(15(3)4)19-20(23(16(5)6)17(7)8)21(19)24-18-12-10-9-11-13-18/h9-17,19-20H,1-8H3/p+1. The second-order valence-corrected chi connectivity index (χ2v) is 9.51. The molecule has 0 spiro atoms.